The van der Waals surface area contributed by atoms with Crippen molar-refractivity contribution in [3.63, 3.8) is 0 Å². The Labute approximate surface area is 170 Å². The molecular weight excluding hydrogens is 389 g/mol. The summed E-state index contributed by atoms with van der Waals surface area (Å²) in [5.74, 6) is 5.98. The average Bonchev–Trinajstić information content (AvgIpc) is 3.09. The van der Waals surface area contributed by atoms with E-state index >= 15 is 0 Å². The number of rotatable bonds is 5. The number of halogens is 1. The van der Waals surface area contributed by atoms with Crippen molar-refractivity contribution in [1.29, 1.82) is 0 Å². The Morgan fingerprint density at radius 1 is 1.07 bits per heavy atom. The first-order valence-corrected chi connectivity index (χ1v) is 9.82. The Hall–Kier alpha value is -3.39. The van der Waals surface area contributed by atoms with Crippen LogP contribution in [0.3, 0.4) is 0 Å². The van der Waals surface area contributed by atoms with Crippen molar-refractivity contribution in [3.05, 3.63) is 72.5 Å². The second kappa shape index (κ2) is 7.92. The van der Waals surface area contributed by atoms with Crippen LogP contribution in [-0.2, 0) is 4.79 Å². The van der Waals surface area contributed by atoms with E-state index in [1.54, 1.807) is 19.1 Å². The molecule has 0 fully saturated rings. The molecule has 3 aromatic carbocycles. The van der Waals surface area contributed by atoms with Crippen LogP contribution in [0.5, 0.6) is 0 Å². The Morgan fingerprint density at radius 2 is 1.79 bits per heavy atom. The van der Waals surface area contributed by atoms with Gasteiger partial charge in [-0.1, -0.05) is 48.2 Å². The second-order valence-electron chi connectivity index (χ2n) is 6.46. The molecule has 0 aliphatic rings. The zero-order chi connectivity index (χ0) is 20.4. The number of carbonyl (C=O) groups excluding carboxylic acids is 1. The first-order valence-electron chi connectivity index (χ1n) is 8.94. The van der Waals surface area contributed by atoms with E-state index in [2.05, 4.69) is 15.5 Å². The molecule has 146 valence electrons. The molecule has 0 saturated carbocycles. The van der Waals surface area contributed by atoms with E-state index in [1.165, 1.54) is 28.6 Å². The number of nitrogen functional groups attached to an aromatic ring is 1. The summed E-state index contributed by atoms with van der Waals surface area (Å²) in [5, 5.41) is 13.1. The van der Waals surface area contributed by atoms with Gasteiger partial charge in [0.2, 0.25) is 11.1 Å². The van der Waals surface area contributed by atoms with Crippen molar-refractivity contribution < 1.29 is 9.18 Å². The number of aromatic nitrogens is 3. The average molecular weight is 407 g/mol. The van der Waals surface area contributed by atoms with E-state index < -0.39 is 5.25 Å². The summed E-state index contributed by atoms with van der Waals surface area (Å²) in [6, 6.07) is 19.4. The number of nitrogens with one attached hydrogen (secondary N) is 1. The largest absolute Gasteiger partial charge is 0.335 e. The van der Waals surface area contributed by atoms with Crippen LogP contribution in [0.2, 0.25) is 0 Å². The highest BCUT2D eigenvalue weighted by molar-refractivity contribution is 8.00. The van der Waals surface area contributed by atoms with Crippen molar-refractivity contribution in [2.24, 2.45) is 0 Å². The first kappa shape index (κ1) is 18.9. The van der Waals surface area contributed by atoms with Crippen LogP contribution in [0.4, 0.5) is 10.1 Å². The number of benzene rings is 3. The van der Waals surface area contributed by atoms with Gasteiger partial charge in [-0.25, -0.2) is 9.07 Å². The van der Waals surface area contributed by atoms with Gasteiger partial charge in [-0.3, -0.25) is 4.79 Å². The molecule has 1 aromatic heterocycles. The van der Waals surface area contributed by atoms with Gasteiger partial charge in [0.1, 0.15) is 5.82 Å². The van der Waals surface area contributed by atoms with Crippen molar-refractivity contribution in [1.82, 2.24) is 14.9 Å². The summed E-state index contributed by atoms with van der Waals surface area (Å²) in [5.41, 5.74) is 1.39. The lowest BCUT2D eigenvalue weighted by Gasteiger charge is -2.13. The minimum Gasteiger partial charge on any atom is -0.335 e. The van der Waals surface area contributed by atoms with Crippen LogP contribution in [0.25, 0.3) is 22.2 Å². The number of anilines is 1. The van der Waals surface area contributed by atoms with Crippen molar-refractivity contribution >= 4 is 34.1 Å². The molecule has 3 N–H and O–H groups in total. The third-order valence-electron chi connectivity index (χ3n) is 4.47. The molecule has 0 unspecified atom stereocenters. The number of thioether (sulfide) groups is 1. The van der Waals surface area contributed by atoms with Crippen LogP contribution in [0, 0.1) is 5.82 Å². The summed E-state index contributed by atoms with van der Waals surface area (Å²) in [6.45, 7) is 1.78. The van der Waals surface area contributed by atoms with Gasteiger partial charge in [-0.2, -0.15) is 0 Å². The molecule has 0 aliphatic carbocycles. The maximum atomic E-state index is 13.1. The monoisotopic (exact) mass is 407 g/mol. The molecule has 0 spiro atoms. The van der Waals surface area contributed by atoms with E-state index in [-0.39, 0.29) is 11.7 Å². The Balaban J connectivity index is 1.50. The third-order valence-corrected chi connectivity index (χ3v) is 5.52. The fourth-order valence-corrected chi connectivity index (χ4v) is 3.70. The second-order valence-corrected chi connectivity index (χ2v) is 7.77. The van der Waals surface area contributed by atoms with E-state index in [0.717, 1.165) is 16.5 Å². The van der Waals surface area contributed by atoms with E-state index in [9.17, 15) is 9.18 Å². The number of hydrogen-bond donors (Lipinski definition) is 2. The van der Waals surface area contributed by atoms with Crippen LogP contribution in [0.15, 0.2) is 71.9 Å². The molecule has 8 heteroatoms. The number of nitrogens with zero attached hydrogens (tertiary/aromatic N) is 3. The van der Waals surface area contributed by atoms with Crippen LogP contribution >= 0.6 is 11.8 Å². The van der Waals surface area contributed by atoms with E-state index in [1.807, 2.05) is 42.5 Å². The first-order chi connectivity index (χ1) is 14.0. The highest BCUT2D eigenvalue weighted by Gasteiger charge is 2.20. The smallest absolute Gasteiger partial charge is 0.237 e. The molecule has 29 heavy (non-hydrogen) atoms. The van der Waals surface area contributed by atoms with Crippen LogP contribution in [-0.4, -0.2) is 26.0 Å². The molecule has 1 atom stereocenters. The normalized spacial score (nSPS) is 12.1. The van der Waals surface area contributed by atoms with E-state index in [4.69, 9.17) is 5.84 Å². The Morgan fingerprint density at radius 3 is 2.59 bits per heavy atom. The number of nitrogens with two attached hydrogens (primary N) is 1. The molecule has 0 aliphatic heterocycles. The molecule has 0 radical (unpaired) electrons. The molecular formula is C21H18FN5OS. The van der Waals surface area contributed by atoms with Crippen LogP contribution in [0.1, 0.15) is 6.92 Å². The molecule has 4 rings (SSSR count). The summed E-state index contributed by atoms with van der Waals surface area (Å²) in [4.78, 5) is 12.7. The Bertz CT molecular complexity index is 1170. The lowest BCUT2D eigenvalue weighted by atomic mass is 10.1. The van der Waals surface area contributed by atoms with Crippen molar-refractivity contribution in [2.45, 2.75) is 17.3 Å². The summed E-state index contributed by atoms with van der Waals surface area (Å²) >= 11 is 1.20. The quantitative estimate of drug-likeness (QED) is 0.385. The van der Waals surface area contributed by atoms with Gasteiger partial charge in [-0.15, -0.1) is 10.2 Å². The minimum atomic E-state index is -0.457. The summed E-state index contributed by atoms with van der Waals surface area (Å²) in [7, 11) is 0. The lowest BCUT2D eigenvalue weighted by molar-refractivity contribution is -0.115. The zero-order valence-electron chi connectivity index (χ0n) is 15.5. The van der Waals surface area contributed by atoms with Gasteiger partial charge in [-0.05, 0) is 42.6 Å². The molecule has 6 nitrogen and oxygen atoms in total. The standard InChI is InChI=1S/C21H18FN5OS/c1-13(20(28)24-18-8-4-6-14-5-2-3-7-17(14)18)29-21-26-25-19(27(21)23)15-9-11-16(22)12-10-15/h2-13H,23H2,1H3,(H,24,28)/t13-/m1/s1. The van der Waals surface area contributed by atoms with Gasteiger partial charge in [0.25, 0.3) is 0 Å². The molecule has 0 saturated heterocycles. The molecule has 1 amide bonds. The van der Waals surface area contributed by atoms with Crippen LogP contribution < -0.4 is 11.2 Å². The molecule has 0 bridgehead atoms. The van der Waals surface area contributed by atoms with E-state index in [0.29, 0.717) is 16.5 Å². The fourth-order valence-electron chi connectivity index (χ4n) is 2.93. The summed E-state index contributed by atoms with van der Waals surface area (Å²) < 4.78 is 14.4. The number of amides is 1. The molecule has 1 heterocycles. The molecule has 4 aromatic rings. The van der Waals surface area contributed by atoms with Gasteiger partial charge in [0.05, 0.1) is 5.25 Å². The fraction of sp³-hybridized carbons (Fsp3) is 0.0952. The number of carbonyl (C=O) groups is 1. The van der Waals surface area contributed by atoms with Crippen molar-refractivity contribution in [2.75, 3.05) is 11.2 Å². The predicted molar refractivity (Wildman–Crippen MR) is 113 cm³/mol. The SMILES string of the molecule is C[C@@H](Sc1nnc(-c2ccc(F)cc2)n1N)C(=O)Nc1cccc2ccccc12. The van der Waals surface area contributed by atoms with Gasteiger partial charge < -0.3 is 11.2 Å². The zero-order valence-corrected chi connectivity index (χ0v) is 16.4. The predicted octanol–water partition coefficient (Wildman–Crippen LogP) is 4.07. The highest BCUT2D eigenvalue weighted by Crippen LogP contribution is 2.27. The highest BCUT2D eigenvalue weighted by atomic mass is 32.2. The Kier molecular flexibility index (Phi) is 5.18. The van der Waals surface area contributed by atoms with Gasteiger partial charge in [0, 0.05) is 16.6 Å². The topological polar surface area (TPSA) is 85.8 Å². The number of fused-ring (bicyclic) bond motifs is 1. The maximum Gasteiger partial charge on any atom is 0.237 e. The third kappa shape index (κ3) is 3.93. The lowest BCUT2D eigenvalue weighted by Crippen LogP contribution is -2.23. The summed E-state index contributed by atoms with van der Waals surface area (Å²) in [6.07, 6.45) is 0. The van der Waals surface area contributed by atoms with Crippen molar-refractivity contribution in [3.8, 4) is 11.4 Å². The minimum absolute atomic E-state index is 0.169. The van der Waals surface area contributed by atoms with Gasteiger partial charge >= 0.3 is 0 Å². The maximum absolute atomic E-state index is 13.1. The van der Waals surface area contributed by atoms with Gasteiger partial charge in [0.15, 0.2) is 5.82 Å². The number of hydrogen-bond acceptors (Lipinski definition) is 5.